The van der Waals surface area contributed by atoms with Gasteiger partial charge in [-0.3, -0.25) is 19.7 Å². The smallest absolute Gasteiger partial charge is 0.305 e. The lowest BCUT2D eigenvalue weighted by Gasteiger charge is -2.16. The van der Waals surface area contributed by atoms with Crippen LogP contribution in [0.25, 0.3) is 11.4 Å². The van der Waals surface area contributed by atoms with Gasteiger partial charge in [-0.05, 0) is 35.9 Å². The molecule has 1 amide bonds. The van der Waals surface area contributed by atoms with Gasteiger partial charge in [-0.2, -0.15) is 5.10 Å². The van der Waals surface area contributed by atoms with Crippen LogP contribution in [0.1, 0.15) is 22.3 Å². The molecular weight excluding hydrogens is 360 g/mol. The molecule has 0 bridgehead atoms. The first-order chi connectivity index (χ1) is 13.5. The number of ether oxygens (including phenoxy) is 1. The van der Waals surface area contributed by atoms with Gasteiger partial charge in [0.05, 0.1) is 24.0 Å². The maximum atomic E-state index is 12.4. The molecule has 8 heteroatoms. The third-order valence-electron chi connectivity index (χ3n) is 4.10. The normalized spacial score (nSPS) is 10.5. The number of nitrogens with zero attached hydrogens (tertiary/aromatic N) is 3. The summed E-state index contributed by atoms with van der Waals surface area (Å²) in [7, 11) is 1.58. The van der Waals surface area contributed by atoms with Crippen LogP contribution >= 0.6 is 0 Å². The van der Waals surface area contributed by atoms with Crippen LogP contribution in [0.2, 0.25) is 0 Å². The molecule has 0 fully saturated rings. The molecule has 2 aromatic heterocycles. The summed E-state index contributed by atoms with van der Waals surface area (Å²) in [6, 6.07) is 12.6. The van der Waals surface area contributed by atoms with Gasteiger partial charge in [0.15, 0.2) is 0 Å². The van der Waals surface area contributed by atoms with Crippen molar-refractivity contribution >= 4 is 11.9 Å². The van der Waals surface area contributed by atoms with Gasteiger partial charge in [0.2, 0.25) is 0 Å². The zero-order valence-electron chi connectivity index (χ0n) is 15.3. The first-order valence-electron chi connectivity index (χ1n) is 8.68. The number of aromatic nitrogens is 3. The fourth-order valence-corrected chi connectivity index (χ4v) is 2.57. The average molecular weight is 380 g/mol. The summed E-state index contributed by atoms with van der Waals surface area (Å²) >= 11 is 0. The maximum absolute atomic E-state index is 12.4. The third kappa shape index (κ3) is 4.94. The van der Waals surface area contributed by atoms with E-state index in [1.54, 1.807) is 37.6 Å². The number of rotatable bonds is 8. The number of carboxylic acids is 1. The molecule has 8 nitrogen and oxygen atoms in total. The molecule has 1 aromatic carbocycles. The highest BCUT2D eigenvalue weighted by Crippen LogP contribution is 2.18. The molecule has 144 valence electrons. The third-order valence-corrected chi connectivity index (χ3v) is 4.10. The number of benzene rings is 1. The van der Waals surface area contributed by atoms with Gasteiger partial charge in [-0.15, -0.1) is 0 Å². The van der Waals surface area contributed by atoms with Crippen molar-refractivity contribution in [1.29, 1.82) is 0 Å². The Balaban J connectivity index is 1.60. The van der Waals surface area contributed by atoms with E-state index in [1.807, 2.05) is 24.3 Å². The van der Waals surface area contributed by atoms with E-state index in [4.69, 9.17) is 9.84 Å². The number of hydrogen-bond acceptors (Lipinski definition) is 5. The number of amides is 1. The number of aromatic amines is 1. The van der Waals surface area contributed by atoms with E-state index in [-0.39, 0.29) is 25.5 Å². The number of H-pyrrole nitrogens is 1. The molecule has 0 spiro atoms. The first-order valence-corrected chi connectivity index (χ1v) is 8.68. The van der Waals surface area contributed by atoms with E-state index in [9.17, 15) is 9.59 Å². The average Bonchev–Trinajstić information content (AvgIpc) is 3.25. The second kappa shape index (κ2) is 8.81. The van der Waals surface area contributed by atoms with Crippen molar-refractivity contribution < 1.29 is 19.4 Å². The van der Waals surface area contributed by atoms with Crippen LogP contribution in [-0.2, 0) is 11.4 Å². The predicted octanol–water partition coefficient (Wildman–Crippen LogP) is 2.60. The predicted molar refractivity (Wildman–Crippen MR) is 102 cm³/mol. The molecule has 0 saturated carbocycles. The topological polar surface area (TPSA) is 108 Å². The summed E-state index contributed by atoms with van der Waals surface area (Å²) in [6.07, 6.45) is 3.20. The van der Waals surface area contributed by atoms with Gasteiger partial charge in [-0.25, -0.2) is 0 Å². The summed E-state index contributed by atoms with van der Waals surface area (Å²) in [5.41, 5.74) is 2.91. The summed E-state index contributed by atoms with van der Waals surface area (Å²) in [5.74, 6) is -0.554. The molecule has 0 saturated heterocycles. The summed E-state index contributed by atoms with van der Waals surface area (Å²) in [5, 5.41) is 15.5. The summed E-state index contributed by atoms with van der Waals surface area (Å²) in [6.45, 7) is 0.439. The molecule has 0 aliphatic rings. The number of hydrogen-bond donors (Lipinski definition) is 2. The number of carbonyl (C=O) groups excluding carboxylic acids is 1. The van der Waals surface area contributed by atoms with Crippen LogP contribution < -0.4 is 4.74 Å². The lowest BCUT2D eigenvalue weighted by molar-refractivity contribution is -0.137. The molecule has 0 aliphatic carbocycles. The van der Waals surface area contributed by atoms with Crippen molar-refractivity contribution in [3.05, 3.63) is 66.0 Å². The van der Waals surface area contributed by atoms with Crippen molar-refractivity contribution in [2.45, 2.75) is 13.0 Å². The SMILES string of the molecule is CN(CCC(=O)O)C(=O)c1cccc(COc2ccc(-c3ccn[nH]3)nc2)c1. The molecule has 3 aromatic rings. The zero-order valence-corrected chi connectivity index (χ0v) is 15.3. The molecular formula is C20H20N4O4. The Labute approximate surface area is 161 Å². The van der Waals surface area contributed by atoms with Gasteiger partial charge in [0.25, 0.3) is 5.91 Å². The Kier molecular flexibility index (Phi) is 6.01. The molecule has 0 aliphatic heterocycles. The van der Waals surface area contributed by atoms with Crippen molar-refractivity contribution in [2.75, 3.05) is 13.6 Å². The van der Waals surface area contributed by atoms with E-state index in [0.29, 0.717) is 11.3 Å². The van der Waals surface area contributed by atoms with Crippen molar-refractivity contribution in [2.24, 2.45) is 0 Å². The highest BCUT2D eigenvalue weighted by Gasteiger charge is 2.13. The van der Waals surface area contributed by atoms with Crippen LogP contribution in [0.3, 0.4) is 0 Å². The molecule has 3 rings (SSSR count). The van der Waals surface area contributed by atoms with Crippen molar-refractivity contribution in [3.8, 4) is 17.1 Å². The van der Waals surface area contributed by atoms with Gasteiger partial charge in [0.1, 0.15) is 12.4 Å². The van der Waals surface area contributed by atoms with E-state index >= 15 is 0 Å². The van der Waals surface area contributed by atoms with Crippen molar-refractivity contribution in [3.63, 3.8) is 0 Å². The Bertz CT molecular complexity index is 939. The fourth-order valence-electron chi connectivity index (χ4n) is 2.57. The molecule has 0 radical (unpaired) electrons. The van der Waals surface area contributed by atoms with Crippen LogP contribution in [0, 0.1) is 0 Å². The lowest BCUT2D eigenvalue weighted by Crippen LogP contribution is -2.29. The van der Waals surface area contributed by atoms with Crippen molar-refractivity contribution in [1.82, 2.24) is 20.1 Å². The van der Waals surface area contributed by atoms with E-state index in [2.05, 4.69) is 15.2 Å². The highest BCUT2D eigenvalue weighted by atomic mass is 16.5. The second-order valence-electron chi connectivity index (χ2n) is 6.21. The van der Waals surface area contributed by atoms with Crippen LogP contribution in [0.5, 0.6) is 5.75 Å². The largest absolute Gasteiger partial charge is 0.487 e. The Morgan fingerprint density at radius 3 is 2.75 bits per heavy atom. The minimum absolute atomic E-state index is 0.0907. The molecule has 2 N–H and O–H groups in total. The number of aliphatic carboxylic acids is 1. The second-order valence-corrected chi connectivity index (χ2v) is 6.21. The molecule has 28 heavy (non-hydrogen) atoms. The Morgan fingerprint density at radius 1 is 1.21 bits per heavy atom. The fraction of sp³-hybridized carbons (Fsp3) is 0.200. The van der Waals surface area contributed by atoms with Gasteiger partial charge >= 0.3 is 5.97 Å². The van der Waals surface area contributed by atoms with Crippen LogP contribution in [0.15, 0.2) is 54.9 Å². The number of carboxylic acid groups (broad SMARTS) is 1. The zero-order chi connectivity index (χ0) is 19.9. The van der Waals surface area contributed by atoms with Gasteiger partial charge in [0, 0.05) is 25.4 Å². The Hall–Kier alpha value is -3.68. The van der Waals surface area contributed by atoms with E-state index in [1.165, 1.54) is 4.90 Å². The molecule has 2 heterocycles. The first kappa shape index (κ1) is 19.1. The lowest BCUT2D eigenvalue weighted by atomic mass is 10.1. The monoisotopic (exact) mass is 380 g/mol. The molecule has 0 unspecified atom stereocenters. The van der Waals surface area contributed by atoms with E-state index < -0.39 is 5.97 Å². The standard InChI is InChI=1S/C20H20N4O4/c1-24(10-8-19(25)26)20(27)15-4-2-3-14(11-15)13-28-16-5-6-17(21-12-16)18-7-9-22-23-18/h2-7,9,11-12H,8,10,13H2,1H3,(H,22,23)(H,25,26). The van der Waals surface area contributed by atoms with Gasteiger partial charge in [-0.1, -0.05) is 12.1 Å². The summed E-state index contributed by atoms with van der Waals surface area (Å²) in [4.78, 5) is 28.8. The number of carbonyl (C=O) groups is 2. The maximum Gasteiger partial charge on any atom is 0.305 e. The highest BCUT2D eigenvalue weighted by molar-refractivity contribution is 5.94. The number of nitrogens with one attached hydrogen (secondary N) is 1. The van der Waals surface area contributed by atoms with Crippen LogP contribution in [0.4, 0.5) is 0 Å². The quantitative estimate of drug-likeness (QED) is 0.622. The molecule has 0 atom stereocenters. The Morgan fingerprint density at radius 2 is 2.07 bits per heavy atom. The minimum Gasteiger partial charge on any atom is -0.487 e. The summed E-state index contributed by atoms with van der Waals surface area (Å²) < 4.78 is 5.75. The minimum atomic E-state index is -0.936. The van der Waals surface area contributed by atoms with E-state index in [0.717, 1.165) is 17.0 Å². The number of pyridine rings is 1. The van der Waals surface area contributed by atoms with Crippen LogP contribution in [-0.4, -0.2) is 50.7 Å². The van der Waals surface area contributed by atoms with Gasteiger partial charge < -0.3 is 14.7 Å².